The zero-order valence-electron chi connectivity index (χ0n) is 14.5. The number of hydrogen-bond acceptors (Lipinski definition) is 3. The van der Waals surface area contributed by atoms with Crippen LogP contribution in [-0.2, 0) is 16.6 Å². The minimum Gasteiger partial charge on any atom is -0.356 e. The van der Waals surface area contributed by atoms with Gasteiger partial charge in [0.25, 0.3) is 0 Å². The van der Waals surface area contributed by atoms with Gasteiger partial charge in [-0.1, -0.05) is 28.9 Å². The van der Waals surface area contributed by atoms with Gasteiger partial charge in [-0.15, -0.1) is 0 Å². The van der Waals surface area contributed by atoms with E-state index in [4.69, 9.17) is 16.1 Å². The summed E-state index contributed by atoms with van der Waals surface area (Å²) in [7, 11) is 0. The van der Waals surface area contributed by atoms with E-state index < -0.39 is 5.41 Å². The molecule has 6 heteroatoms. The van der Waals surface area contributed by atoms with E-state index in [0.29, 0.717) is 29.4 Å². The summed E-state index contributed by atoms with van der Waals surface area (Å²) >= 11 is 5.91. The van der Waals surface area contributed by atoms with Crippen molar-refractivity contribution in [2.45, 2.75) is 24.7 Å². The van der Waals surface area contributed by atoms with E-state index in [0.717, 1.165) is 24.0 Å². The molecule has 0 aliphatic heterocycles. The molecular formula is C21H18ClFN2O2. The number of aromatic nitrogens is 1. The predicted molar refractivity (Wildman–Crippen MR) is 101 cm³/mol. The standard InChI is InChI=1S/C21H18ClFN2O2/c22-16-5-3-15(4-6-16)18-13-19(25-27-18)21(10-11-21)20(26)24-12-9-14-1-7-17(23)8-2-14/h1-8,13H,9-12H2,(H,24,26). The molecule has 1 amide bonds. The van der Waals surface area contributed by atoms with Gasteiger partial charge in [0.15, 0.2) is 5.76 Å². The molecule has 1 aliphatic rings. The van der Waals surface area contributed by atoms with Crippen LogP contribution in [0.4, 0.5) is 4.39 Å². The van der Waals surface area contributed by atoms with Crippen molar-refractivity contribution in [3.8, 4) is 11.3 Å². The highest BCUT2D eigenvalue weighted by atomic mass is 35.5. The maximum absolute atomic E-state index is 12.9. The van der Waals surface area contributed by atoms with Crippen LogP contribution in [0.25, 0.3) is 11.3 Å². The van der Waals surface area contributed by atoms with Crippen LogP contribution in [-0.4, -0.2) is 17.6 Å². The van der Waals surface area contributed by atoms with Gasteiger partial charge in [0.05, 0.1) is 11.1 Å². The van der Waals surface area contributed by atoms with Gasteiger partial charge in [-0.3, -0.25) is 4.79 Å². The average molecular weight is 385 g/mol. The number of nitrogens with one attached hydrogen (secondary N) is 1. The molecule has 1 N–H and O–H groups in total. The van der Waals surface area contributed by atoms with Crippen molar-refractivity contribution in [1.29, 1.82) is 0 Å². The van der Waals surface area contributed by atoms with Gasteiger partial charge in [0, 0.05) is 23.2 Å². The number of amides is 1. The molecule has 0 bridgehead atoms. The van der Waals surface area contributed by atoms with Crippen LogP contribution in [0, 0.1) is 5.82 Å². The molecule has 4 nitrogen and oxygen atoms in total. The second kappa shape index (κ2) is 7.16. The second-order valence-electron chi connectivity index (χ2n) is 6.80. The van der Waals surface area contributed by atoms with Gasteiger partial charge in [0.1, 0.15) is 5.82 Å². The molecule has 0 unspecified atom stereocenters. The van der Waals surface area contributed by atoms with Crippen LogP contribution in [0.2, 0.25) is 5.02 Å². The summed E-state index contributed by atoms with van der Waals surface area (Å²) < 4.78 is 18.4. The van der Waals surface area contributed by atoms with Gasteiger partial charge < -0.3 is 9.84 Å². The van der Waals surface area contributed by atoms with Crippen molar-refractivity contribution in [2.75, 3.05) is 6.54 Å². The highest BCUT2D eigenvalue weighted by Gasteiger charge is 2.53. The first-order valence-electron chi connectivity index (χ1n) is 8.83. The molecule has 1 aliphatic carbocycles. The minimum absolute atomic E-state index is 0.0411. The van der Waals surface area contributed by atoms with Gasteiger partial charge in [-0.25, -0.2) is 4.39 Å². The Kier molecular flexibility index (Phi) is 4.70. The fraction of sp³-hybridized carbons (Fsp3) is 0.238. The lowest BCUT2D eigenvalue weighted by molar-refractivity contribution is -0.123. The van der Waals surface area contributed by atoms with E-state index in [-0.39, 0.29) is 11.7 Å². The van der Waals surface area contributed by atoms with Crippen LogP contribution in [0.15, 0.2) is 59.1 Å². The third kappa shape index (κ3) is 3.74. The van der Waals surface area contributed by atoms with Crippen molar-refractivity contribution in [3.63, 3.8) is 0 Å². The molecule has 1 saturated carbocycles. The van der Waals surface area contributed by atoms with Crippen molar-refractivity contribution in [3.05, 3.63) is 76.7 Å². The molecule has 1 fully saturated rings. The van der Waals surface area contributed by atoms with E-state index in [1.807, 2.05) is 18.2 Å². The van der Waals surface area contributed by atoms with Gasteiger partial charge in [-0.05, 0) is 61.2 Å². The molecule has 0 spiro atoms. The molecular weight excluding hydrogens is 367 g/mol. The van der Waals surface area contributed by atoms with E-state index in [9.17, 15) is 9.18 Å². The molecule has 0 saturated heterocycles. The molecule has 27 heavy (non-hydrogen) atoms. The Labute approximate surface area is 161 Å². The Morgan fingerprint density at radius 1 is 1.15 bits per heavy atom. The fourth-order valence-corrected chi connectivity index (χ4v) is 3.24. The van der Waals surface area contributed by atoms with Crippen molar-refractivity contribution in [2.24, 2.45) is 0 Å². The Balaban J connectivity index is 1.40. The average Bonchev–Trinajstić information content (AvgIpc) is 3.34. The lowest BCUT2D eigenvalue weighted by Gasteiger charge is -2.12. The topological polar surface area (TPSA) is 55.1 Å². The summed E-state index contributed by atoms with van der Waals surface area (Å²) in [6.45, 7) is 0.494. The normalized spacial score (nSPS) is 14.7. The zero-order chi connectivity index (χ0) is 18.9. The van der Waals surface area contributed by atoms with E-state index in [2.05, 4.69) is 10.5 Å². The smallest absolute Gasteiger partial charge is 0.232 e. The van der Waals surface area contributed by atoms with Gasteiger partial charge in [-0.2, -0.15) is 0 Å². The first kappa shape index (κ1) is 17.7. The van der Waals surface area contributed by atoms with Gasteiger partial charge >= 0.3 is 0 Å². The lowest BCUT2D eigenvalue weighted by Crippen LogP contribution is -2.36. The summed E-state index contributed by atoms with van der Waals surface area (Å²) in [4.78, 5) is 12.7. The van der Waals surface area contributed by atoms with Crippen LogP contribution in [0.5, 0.6) is 0 Å². The SMILES string of the molecule is O=C(NCCc1ccc(F)cc1)C1(c2cc(-c3ccc(Cl)cc3)on2)CC1. The number of carbonyl (C=O) groups is 1. The number of rotatable bonds is 6. The fourth-order valence-electron chi connectivity index (χ4n) is 3.12. The molecule has 0 radical (unpaired) electrons. The third-order valence-corrected chi connectivity index (χ3v) is 5.18. The van der Waals surface area contributed by atoms with E-state index in [1.165, 1.54) is 12.1 Å². The Morgan fingerprint density at radius 2 is 1.85 bits per heavy atom. The lowest BCUT2D eigenvalue weighted by atomic mass is 10.00. The summed E-state index contributed by atoms with van der Waals surface area (Å²) in [5.74, 6) is 0.315. The molecule has 1 heterocycles. The van der Waals surface area contributed by atoms with Crippen LogP contribution >= 0.6 is 11.6 Å². The molecule has 1 aromatic heterocycles. The summed E-state index contributed by atoms with van der Waals surface area (Å²) in [5.41, 5.74) is 1.90. The van der Waals surface area contributed by atoms with Crippen LogP contribution in [0.1, 0.15) is 24.1 Å². The molecule has 3 aromatic rings. The maximum atomic E-state index is 12.9. The van der Waals surface area contributed by atoms with Crippen molar-refractivity contribution in [1.82, 2.24) is 10.5 Å². The monoisotopic (exact) mass is 384 g/mol. The zero-order valence-corrected chi connectivity index (χ0v) is 15.3. The molecule has 2 aromatic carbocycles. The predicted octanol–water partition coefficient (Wildman–Crippen LogP) is 4.52. The number of carbonyl (C=O) groups excluding carboxylic acids is 1. The van der Waals surface area contributed by atoms with Crippen molar-refractivity contribution >= 4 is 17.5 Å². The number of nitrogens with zero attached hydrogens (tertiary/aromatic N) is 1. The quantitative estimate of drug-likeness (QED) is 0.679. The highest BCUT2D eigenvalue weighted by Crippen LogP contribution is 2.48. The summed E-state index contributed by atoms with van der Waals surface area (Å²) in [6.07, 6.45) is 2.15. The Hall–Kier alpha value is -2.66. The van der Waals surface area contributed by atoms with Crippen LogP contribution in [0.3, 0.4) is 0 Å². The highest BCUT2D eigenvalue weighted by molar-refractivity contribution is 6.30. The van der Waals surface area contributed by atoms with E-state index >= 15 is 0 Å². The summed E-state index contributed by atoms with van der Waals surface area (Å²) in [6, 6.07) is 15.4. The Morgan fingerprint density at radius 3 is 2.52 bits per heavy atom. The number of benzene rings is 2. The first-order chi connectivity index (χ1) is 13.1. The third-order valence-electron chi connectivity index (χ3n) is 4.93. The van der Waals surface area contributed by atoms with Crippen molar-refractivity contribution < 1.29 is 13.7 Å². The molecule has 0 atom stereocenters. The summed E-state index contributed by atoms with van der Waals surface area (Å²) in [5, 5.41) is 7.76. The van der Waals surface area contributed by atoms with Gasteiger partial charge in [0.2, 0.25) is 5.91 Å². The largest absolute Gasteiger partial charge is 0.356 e. The Bertz CT molecular complexity index is 947. The minimum atomic E-state index is -0.600. The number of hydrogen-bond donors (Lipinski definition) is 1. The maximum Gasteiger partial charge on any atom is 0.232 e. The molecule has 4 rings (SSSR count). The number of halogens is 2. The van der Waals surface area contributed by atoms with Crippen LogP contribution < -0.4 is 5.32 Å². The molecule has 138 valence electrons. The first-order valence-corrected chi connectivity index (χ1v) is 9.20. The second-order valence-corrected chi connectivity index (χ2v) is 7.23. The van der Waals surface area contributed by atoms with E-state index in [1.54, 1.807) is 24.3 Å².